The van der Waals surface area contributed by atoms with Crippen LogP contribution in [0.4, 0.5) is 0 Å². The van der Waals surface area contributed by atoms with Crippen molar-refractivity contribution in [3.63, 3.8) is 0 Å². The summed E-state index contributed by atoms with van der Waals surface area (Å²) >= 11 is 0. The second-order valence-electron chi connectivity index (χ2n) is 8.56. The summed E-state index contributed by atoms with van der Waals surface area (Å²) in [7, 11) is 0. The van der Waals surface area contributed by atoms with E-state index in [2.05, 4.69) is 87.5 Å². The topological polar surface area (TPSA) is 35.5 Å². The second-order valence-corrected chi connectivity index (χ2v) is 8.56. The van der Waals surface area contributed by atoms with Crippen LogP contribution in [0, 0.1) is 6.92 Å². The fourth-order valence-electron chi connectivity index (χ4n) is 4.51. The fraction of sp³-hybridized carbons (Fsp3) is 0.265. The molecule has 0 saturated heterocycles. The highest BCUT2D eigenvalue weighted by Gasteiger charge is 2.18. The molecule has 0 aromatic heterocycles. The van der Waals surface area contributed by atoms with E-state index in [0.29, 0.717) is 13.2 Å². The lowest BCUT2D eigenvalue weighted by Crippen LogP contribution is -2.15. The highest BCUT2D eigenvalue weighted by molar-refractivity contribution is 6.01. The predicted molar refractivity (Wildman–Crippen MR) is 157 cm³/mol. The summed E-state index contributed by atoms with van der Waals surface area (Å²) in [6.07, 6.45) is 8.23. The Morgan fingerprint density at radius 2 is 1.51 bits per heavy atom. The summed E-state index contributed by atoms with van der Waals surface area (Å²) in [5.41, 5.74) is 9.55. The van der Waals surface area contributed by atoms with Gasteiger partial charge in [0, 0.05) is 0 Å². The third-order valence-corrected chi connectivity index (χ3v) is 6.33. The highest BCUT2D eigenvalue weighted by Crippen LogP contribution is 2.40. The van der Waals surface area contributed by atoms with E-state index in [1.807, 2.05) is 26.0 Å². The fourth-order valence-corrected chi connectivity index (χ4v) is 4.51. The Balaban J connectivity index is 0.00000186. The standard InChI is InChI=1S/C32H32O3.C2H6/c1-4-25(21-27-11-7-6-9-23(27)3)32(26-14-12-24(13-15-26)10-8-18-33)29(5-2)28-16-17-30-31(22-28)35-20-19-34-30;1-2/h6-18,21-22H,4-5,19-20H2,1-3H3;1-2H3/b10-8+,25-21+,32-29-;. The van der Waals surface area contributed by atoms with Crippen LogP contribution in [0.1, 0.15) is 68.4 Å². The second kappa shape index (κ2) is 14.0. The van der Waals surface area contributed by atoms with Gasteiger partial charge in [0.2, 0.25) is 0 Å². The van der Waals surface area contributed by atoms with E-state index in [1.165, 1.54) is 33.9 Å². The number of aldehydes is 1. The smallest absolute Gasteiger partial charge is 0.161 e. The molecule has 0 unspecified atom stereocenters. The van der Waals surface area contributed by atoms with Gasteiger partial charge in [0.1, 0.15) is 19.5 Å². The van der Waals surface area contributed by atoms with Crippen LogP contribution in [0.15, 0.2) is 78.4 Å². The molecule has 0 amide bonds. The minimum atomic E-state index is 0.567. The van der Waals surface area contributed by atoms with Gasteiger partial charge in [-0.1, -0.05) is 94.4 Å². The molecule has 3 heteroatoms. The first-order valence-corrected chi connectivity index (χ1v) is 13.3. The van der Waals surface area contributed by atoms with E-state index in [1.54, 1.807) is 0 Å². The normalized spacial score (nSPS) is 13.5. The summed E-state index contributed by atoms with van der Waals surface area (Å²) < 4.78 is 11.7. The third kappa shape index (κ3) is 6.89. The quantitative estimate of drug-likeness (QED) is 0.136. The molecule has 1 aliphatic heterocycles. The molecule has 0 spiro atoms. The molecule has 0 radical (unpaired) electrons. The van der Waals surface area contributed by atoms with Gasteiger partial charge in [-0.05, 0) is 82.5 Å². The maximum Gasteiger partial charge on any atom is 0.161 e. The summed E-state index contributed by atoms with van der Waals surface area (Å²) in [5.74, 6) is 1.60. The first kappa shape index (κ1) is 27.7. The first-order valence-electron chi connectivity index (χ1n) is 13.3. The van der Waals surface area contributed by atoms with Gasteiger partial charge in [0.05, 0.1) is 0 Å². The Bertz CT molecular complexity index is 1280. The molecular formula is C34H38O3. The van der Waals surface area contributed by atoms with Crippen molar-refractivity contribution < 1.29 is 14.3 Å². The van der Waals surface area contributed by atoms with Crippen LogP contribution in [-0.2, 0) is 4.79 Å². The molecule has 3 aromatic rings. The van der Waals surface area contributed by atoms with Gasteiger partial charge < -0.3 is 9.47 Å². The maximum atomic E-state index is 10.7. The van der Waals surface area contributed by atoms with Crippen LogP contribution in [-0.4, -0.2) is 19.5 Å². The lowest BCUT2D eigenvalue weighted by atomic mass is 9.85. The molecule has 0 bridgehead atoms. The Morgan fingerprint density at radius 3 is 2.16 bits per heavy atom. The molecule has 0 fully saturated rings. The van der Waals surface area contributed by atoms with Crippen LogP contribution in [0.2, 0.25) is 0 Å². The van der Waals surface area contributed by atoms with E-state index >= 15 is 0 Å². The average molecular weight is 495 g/mol. The number of hydrogen-bond acceptors (Lipinski definition) is 3. The largest absolute Gasteiger partial charge is 0.486 e. The number of benzene rings is 3. The van der Waals surface area contributed by atoms with Gasteiger partial charge in [0.25, 0.3) is 0 Å². The van der Waals surface area contributed by atoms with Crippen molar-refractivity contribution in [2.75, 3.05) is 13.2 Å². The Hall–Kier alpha value is -3.85. The summed E-state index contributed by atoms with van der Waals surface area (Å²) in [6, 6.07) is 23.2. The molecule has 0 N–H and O–H groups in total. The van der Waals surface area contributed by atoms with Crippen LogP contribution in [0.25, 0.3) is 23.3 Å². The average Bonchev–Trinajstić information content (AvgIpc) is 2.96. The maximum absolute atomic E-state index is 10.7. The molecule has 3 aromatic carbocycles. The minimum absolute atomic E-state index is 0.567. The van der Waals surface area contributed by atoms with Gasteiger partial charge in [-0.15, -0.1) is 0 Å². The zero-order chi connectivity index (χ0) is 26.6. The van der Waals surface area contributed by atoms with Gasteiger partial charge in [-0.25, -0.2) is 0 Å². The van der Waals surface area contributed by atoms with Crippen molar-refractivity contribution in [1.82, 2.24) is 0 Å². The molecule has 1 aliphatic rings. The van der Waals surface area contributed by atoms with Crippen molar-refractivity contribution in [3.8, 4) is 11.5 Å². The lowest BCUT2D eigenvalue weighted by molar-refractivity contribution is -0.104. The number of aryl methyl sites for hydroxylation is 1. The van der Waals surface area contributed by atoms with Crippen molar-refractivity contribution in [2.45, 2.75) is 47.5 Å². The molecule has 3 nitrogen and oxygen atoms in total. The Kier molecular flexibility index (Phi) is 10.5. The highest BCUT2D eigenvalue weighted by atomic mass is 16.6. The van der Waals surface area contributed by atoms with Crippen molar-refractivity contribution in [1.29, 1.82) is 0 Å². The van der Waals surface area contributed by atoms with E-state index in [-0.39, 0.29) is 0 Å². The summed E-state index contributed by atoms with van der Waals surface area (Å²) in [6.45, 7) is 11.7. The molecule has 0 saturated carbocycles. The van der Waals surface area contributed by atoms with E-state index in [9.17, 15) is 4.79 Å². The third-order valence-electron chi connectivity index (χ3n) is 6.33. The molecule has 37 heavy (non-hydrogen) atoms. The number of fused-ring (bicyclic) bond motifs is 1. The zero-order valence-electron chi connectivity index (χ0n) is 22.7. The minimum Gasteiger partial charge on any atom is -0.486 e. The monoisotopic (exact) mass is 494 g/mol. The predicted octanol–water partition coefficient (Wildman–Crippen LogP) is 8.82. The van der Waals surface area contributed by atoms with Gasteiger partial charge in [0.15, 0.2) is 11.5 Å². The number of ether oxygens (including phenoxy) is 2. The molecule has 0 atom stereocenters. The molecule has 1 heterocycles. The van der Waals surface area contributed by atoms with E-state index in [4.69, 9.17) is 9.47 Å². The SMILES string of the molecule is CC.CC/C(=C(\C(=C\c1ccccc1C)CC)c1ccc(/C=C/C=O)cc1)c1ccc2c(c1)OCCO2. The van der Waals surface area contributed by atoms with Crippen LogP contribution >= 0.6 is 0 Å². The van der Waals surface area contributed by atoms with Crippen LogP contribution in [0.5, 0.6) is 11.5 Å². The van der Waals surface area contributed by atoms with Gasteiger partial charge in [-0.2, -0.15) is 0 Å². The Labute approximate surface area is 222 Å². The van der Waals surface area contributed by atoms with Crippen molar-refractivity contribution >= 4 is 29.6 Å². The van der Waals surface area contributed by atoms with Crippen molar-refractivity contribution in [2.24, 2.45) is 0 Å². The van der Waals surface area contributed by atoms with Gasteiger partial charge >= 0.3 is 0 Å². The van der Waals surface area contributed by atoms with E-state index in [0.717, 1.165) is 47.3 Å². The molecule has 4 rings (SSSR count). The van der Waals surface area contributed by atoms with Crippen LogP contribution in [0.3, 0.4) is 0 Å². The van der Waals surface area contributed by atoms with Gasteiger partial charge in [-0.3, -0.25) is 4.79 Å². The number of hydrogen-bond donors (Lipinski definition) is 0. The first-order chi connectivity index (χ1) is 18.1. The number of carbonyl (C=O) groups is 1. The number of carbonyl (C=O) groups excluding carboxylic acids is 1. The summed E-state index contributed by atoms with van der Waals surface area (Å²) in [4.78, 5) is 10.7. The van der Waals surface area contributed by atoms with E-state index < -0.39 is 0 Å². The Morgan fingerprint density at radius 1 is 0.838 bits per heavy atom. The zero-order valence-corrected chi connectivity index (χ0v) is 22.7. The lowest BCUT2D eigenvalue weighted by Gasteiger charge is -2.22. The molecule has 192 valence electrons. The number of allylic oxidation sites excluding steroid dienone is 4. The van der Waals surface area contributed by atoms with Crippen molar-refractivity contribution in [3.05, 3.63) is 106 Å². The van der Waals surface area contributed by atoms with Crippen LogP contribution < -0.4 is 9.47 Å². The number of rotatable bonds is 8. The molecule has 0 aliphatic carbocycles. The molecular weight excluding hydrogens is 456 g/mol. The summed E-state index contributed by atoms with van der Waals surface area (Å²) in [5, 5.41) is 0.